The Labute approximate surface area is 105 Å². The molecule has 0 saturated heterocycles. The summed E-state index contributed by atoms with van der Waals surface area (Å²) in [6.07, 6.45) is -0.0549. The lowest BCUT2D eigenvalue weighted by Gasteiger charge is -2.08. The van der Waals surface area contributed by atoms with Gasteiger partial charge in [0.1, 0.15) is 0 Å². The Hall–Kier alpha value is -1.92. The highest BCUT2D eigenvalue weighted by Gasteiger charge is 2.23. The van der Waals surface area contributed by atoms with Crippen molar-refractivity contribution < 1.29 is 19.1 Å². The smallest absolute Gasteiger partial charge is 0.360 e. The first-order valence-corrected chi connectivity index (χ1v) is 5.57. The van der Waals surface area contributed by atoms with Crippen LogP contribution in [0.3, 0.4) is 0 Å². The normalized spacial score (nSPS) is 10.5. The van der Waals surface area contributed by atoms with Crippen LogP contribution in [0, 0.1) is 5.92 Å². The van der Waals surface area contributed by atoms with Gasteiger partial charge in [-0.1, -0.05) is 19.1 Å². The van der Waals surface area contributed by atoms with Gasteiger partial charge in [-0.25, -0.2) is 9.48 Å². The first-order valence-electron chi connectivity index (χ1n) is 5.57. The molecule has 0 atom stereocenters. The molecule has 0 amide bonds. The van der Waals surface area contributed by atoms with Crippen LogP contribution in [0.2, 0.25) is 0 Å². The second kappa shape index (κ2) is 6.13. The number of carbonyl (C=O) groups excluding carboxylic acids is 2. The van der Waals surface area contributed by atoms with Crippen LogP contribution in [0.4, 0.5) is 0 Å². The van der Waals surface area contributed by atoms with Gasteiger partial charge in [-0.3, -0.25) is 4.79 Å². The number of carbonyl (C=O) groups is 2. The second-order valence-corrected chi connectivity index (χ2v) is 4.21. The fraction of sp³-hybridized carbons (Fsp3) is 0.636. The lowest BCUT2D eigenvalue weighted by atomic mass is 10.2. The van der Waals surface area contributed by atoms with Gasteiger partial charge in [0.05, 0.1) is 26.3 Å². The van der Waals surface area contributed by atoms with Crippen LogP contribution in [0.15, 0.2) is 0 Å². The summed E-state index contributed by atoms with van der Waals surface area (Å²) in [6.45, 7) is 4.57. The van der Waals surface area contributed by atoms with Crippen molar-refractivity contribution >= 4 is 11.9 Å². The van der Waals surface area contributed by atoms with Crippen LogP contribution >= 0.6 is 0 Å². The van der Waals surface area contributed by atoms with Crippen LogP contribution < -0.4 is 0 Å². The lowest BCUT2D eigenvalue weighted by Crippen LogP contribution is -2.17. The van der Waals surface area contributed by atoms with Crippen molar-refractivity contribution in [3.8, 4) is 0 Å². The van der Waals surface area contributed by atoms with E-state index in [4.69, 9.17) is 0 Å². The predicted octanol–water partition coefficient (Wildman–Crippen LogP) is 0.436. The maximum Gasteiger partial charge on any atom is 0.360 e. The monoisotopic (exact) mass is 255 g/mol. The van der Waals surface area contributed by atoms with E-state index < -0.39 is 11.9 Å². The summed E-state index contributed by atoms with van der Waals surface area (Å²) in [7, 11) is 2.54. The highest BCUT2D eigenvalue weighted by atomic mass is 16.5. The van der Waals surface area contributed by atoms with E-state index in [0.29, 0.717) is 18.2 Å². The van der Waals surface area contributed by atoms with Gasteiger partial charge in [-0.15, -0.1) is 5.10 Å². The molecule has 0 aromatic carbocycles. The Morgan fingerprint density at radius 1 is 1.28 bits per heavy atom. The average molecular weight is 255 g/mol. The van der Waals surface area contributed by atoms with Gasteiger partial charge in [-0.05, 0) is 5.92 Å². The zero-order valence-corrected chi connectivity index (χ0v) is 11.0. The lowest BCUT2D eigenvalue weighted by molar-refractivity contribution is -0.139. The van der Waals surface area contributed by atoms with E-state index in [2.05, 4.69) is 19.8 Å². The zero-order chi connectivity index (χ0) is 13.7. The van der Waals surface area contributed by atoms with Gasteiger partial charge in [-0.2, -0.15) is 0 Å². The molecule has 0 aliphatic heterocycles. The van der Waals surface area contributed by atoms with Crippen LogP contribution in [-0.2, 0) is 27.2 Å². The van der Waals surface area contributed by atoms with Gasteiger partial charge < -0.3 is 9.47 Å². The average Bonchev–Trinajstić information content (AvgIpc) is 2.70. The predicted molar refractivity (Wildman–Crippen MR) is 61.9 cm³/mol. The van der Waals surface area contributed by atoms with Crippen molar-refractivity contribution in [1.29, 1.82) is 0 Å². The van der Waals surface area contributed by atoms with Crippen molar-refractivity contribution in [3.63, 3.8) is 0 Å². The van der Waals surface area contributed by atoms with E-state index >= 15 is 0 Å². The van der Waals surface area contributed by atoms with E-state index in [1.54, 1.807) is 0 Å². The molecule has 0 bridgehead atoms. The van der Waals surface area contributed by atoms with Gasteiger partial charge in [0, 0.05) is 6.54 Å². The van der Waals surface area contributed by atoms with Gasteiger partial charge in [0.15, 0.2) is 5.69 Å². The number of rotatable bonds is 5. The van der Waals surface area contributed by atoms with E-state index in [9.17, 15) is 9.59 Å². The van der Waals surface area contributed by atoms with Crippen LogP contribution in [-0.4, -0.2) is 41.2 Å². The van der Waals surface area contributed by atoms with E-state index in [1.807, 2.05) is 13.8 Å². The second-order valence-electron chi connectivity index (χ2n) is 4.21. The molecule has 0 fully saturated rings. The molecule has 7 heteroatoms. The summed E-state index contributed by atoms with van der Waals surface area (Å²) in [5.41, 5.74) is 0.478. The topological polar surface area (TPSA) is 83.3 Å². The molecule has 1 aromatic rings. The van der Waals surface area contributed by atoms with Crippen LogP contribution in [0.5, 0.6) is 0 Å². The zero-order valence-electron chi connectivity index (χ0n) is 11.0. The molecule has 7 nitrogen and oxygen atoms in total. The van der Waals surface area contributed by atoms with Crippen molar-refractivity contribution in [1.82, 2.24) is 15.0 Å². The molecular formula is C11H17N3O4. The Balaban J connectivity index is 3.08. The number of hydrogen-bond acceptors (Lipinski definition) is 6. The third kappa shape index (κ3) is 3.28. The van der Waals surface area contributed by atoms with Gasteiger partial charge in [0.2, 0.25) is 0 Å². The first kappa shape index (κ1) is 14.1. The molecule has 1 heterocycles. The highest BCUT2D eigenvalue weighted by molar-refractivity contribution is 5.89. The Morgan fingerprint density at radius 3 is 2.44 bits per heavy atom. The summed E-state index contributed by atoms with van der Waals surface area (Å²) in [6, 6.07) is 0. The summed E-state index contributed by atoms with van der Waals surface area (Å²) in [5.74, 6) is -0.745. The molecule has 18 heavy (non-hydrogen) atoms. The fourth-order valence-corrected chi connectivity index (χ4v) is 1.46. The van der Waals surface area contributed by atoms with Crippen molar-refractivity contribution in [2.24, 2.45) is 5.92 Å². The Kier molecular flexibility index (Phi) is 4.82. The number of ether oxygens (including phenoxy) is 2. The van der Waals surface area contributed by atoms with Gasteiger partial charge >= 0.3 is 11.9 Å². The first-order chi connectivity index (χ1) is 8.49. The highest BCUT2D eigenvalue weighted by Crippen LogP contribution is 2.11. The third-order valence-electron chi connectivity index (χ3n) is 2.29. The molecule has 0 radical (unpaired) electrons. The Morgan fingerprint density at radius 2 is 1.94 bits per heavy atom. The number of hydrogen-bond donors (Lipinski definition) is 0. The number of methoxy groups -OCH3 is 2. The molecule has 1 rings (SSSR count). The number of esters is 2. The van der Waals surface area contributed by atoms with Gasteiger partial charge in [0.25, 0.3) is 0 Å². The van der Waals surface area contributed by atoms with Crippen molar-refractivity contribution in [2.45, 2.75) is 26.8 Å². The standard InChI is InChI=1S/C11H17N3O4/c1-7(2)6-14-8(5-9(15)17-3)10(12-13-14)11(16)18-4/h7H,5-6H2,1-4H3. The van der Waals surface area contributed by atoms with E-state index in [-0.39, 0.29) is 12.1 Å². The summed E-state index contributed by atoms with van der Waals surface area (Å²) >= 11 is 0. The van der Waals surface area contributed by atoms with Crippen LogP contribution in [0.1, 0.15) is 30.0 Å². The molecular weight excluding hydrogens is 238 g/mol. The summed E-state index contributed by atoms with van der Waals surface area (Å²) < 4.78 is 10.7. The van der Waals surface area contributed by atoms with E-state index in [1.165, 1.54) is 18.9 Å². The quantitative estimate of drug-likeness (QED) is 0.710. The molecule has 0 saturated carbocycles. The largest absolute Gasteiger partial charge is 0.469 e. The van der Waals surface area contributed by atoms with Crippen molar-refractivity contribution in [2.75, 3.05) is 14.2 Å². The molecule has 0 aliphatic carbocycles. The Bertz CT molecular complexity index is 439. The molecule has 0 unspecified atom stereocenters. The minimum atomic E-state index is -0.607. The molecule has 0 N–H and O–H groups in total. The maximum atomic E-state index is 11.5. The molecule has 0 aliphatic rings. The minimum absolute atomic E-state index is 0.0549. The molecule has 100 valence electrons. The molecule has 0 spiro atoms. The summed E-state index contributed by atoms with van der Waals surface area (Å²) in [5, 5.41) is 7.63. The third-order valence-corrected chi connectivity index (χ3v) is 2.29. The summed E-state index contributed by atoms with van der Waals surface area (Å²) in [4.78, 5) is 22.9. The SMILES string of the molecule is COC(=O)Cc1c(C(=O)OC)nnn1CC(C)C. The van der Waals surface area contributed by atoms with E-state index in [0.717, 1.165) is 0 Å². The maximum absolute atomic E-state index is 11.5. The van der Waals surface area contributed by atoms with Crippen molar-refractivity contribution in [3.05, 3.63) is 11.4 Å². The molecule has 1 aromatic heterocycles. The number of aromatic nitrogens is 3. The minimum Gasteiger partial charge on any atom is -0.469 e. The fourth-order valence-electron chi connectivity index (χ4n) is 1.46. The number of nitrogens with zero attached hydrogens (tertiary/aromatic N) is 3. The van der Waals surface area contributed by atoms with Crippen LogP contribution in [0.25, 0.3) is 0 Å².